The summed E-state index contributed by atoms with van der Waals surface area (Å²) >= 11 is 0. The number of carbonyl (C=O) groups excluding carboxylic acids is 1. The van der Waals surface area contributed by atoms with Crippen molar-refractivity contribution >= 4 is 5.91 Å². The molecule has 23 heavy (non-hydrogen) atoms. The van der Waals surface area contributed by atoms with E-state index in [9.17, 15) is 4.79 Å². The molecular weight excluding hydrogens is 288 g/mol. The topological polar surface area (TPSA) is 32.8 Å². The average molecular weight is 318 g/mol. The summed E-state index contributed by atoms with van der Waals surface area (Å²) in [6.07, 6.45) is 1.12. The normalized spacial score (nSPS) is 22.3. The van der Waals surface area contributed by atoms with E-state index in [1.54, 1.807) is 0 Å². The number of hydrogen-bond donors (Lipinski definition) is 0. The summed E-state index contributed by atoms with van der Waals surface area (Å²) < 4.78 is 5.45. The fourth-order valence-corrected chi connectivity index (χ4v) is 3.30. The number of amides is 1. The minimum Gasteiger partial charge on any atom is -0.369 e. The Morgan fingerprint density at radius 2 is 2.04 bits per heavy atom. The molecule has 2 rings (SSSR count). The van der Waals surface area contributed by atoms with E-state index < -0.39 is 0 Å². The van der Waals surface area contributed by atoms with Crippen LogP contribution < -0.4 is 0 Å². The second kappa shape index (κ2) is 8.46. The number of hydrogen-bond acceptors (Lipinski definition) is 3. The van der Waals surface area contributed by atoms with Gasteiger partial charge in [-0.25, -0.2) is 0 Å². The number of likely N-dealkylation sites (N-methyl/N-ethyl adjacent to an activating group) is 1. The first kappa shape index (κ1) is 18.0. The van der Waals surface area contributed by atoms with Crippen molar-refractivity contribution in [2.45, 2.75) is 45.9 Å². The van der Waals surface area contributed by atoms with E-state index in [0.29, 0.717) is 12.0 Å². The highest BCUT2D eigenvalue weighted by molar-refractivity contribution is 5.77. The molecule has 4 heteroatoms. The van der Waals surface area contributed by atoms with Crippen molar-refractivity contribution in [2.75, 3.05) is 26.7 Å². The van der Waals surface area contributed by atoms with E-state index in [0.717, 1.165) is 26.1 Å². The molecule has 1 aliphatic rings. The number of likely N-dealkylation sites (tertiary alicyclic amines) is 1. The predicted molar refractivity (Wildman–Crippen MR) is 93.1 cm³/mol. The molecular formula is C19H30N2O2. The van der Waals surface area contributed by atoms with Crippen molar-refractivity contribution in [3.63, 3.8) is 0 Å². The summed E-state index contributed by atoms with van der Waals surface area (Å²) in [5.41, 5.74) is 1.35. The third-order valence-corrected chi connectivity index (χ3v) is 4.62. The van der Waals surface area contributed by atoms with Crippen LogP contribution in [0.1, 0.15) is 32.8 Å². The van der Waals surface area contributed by atoms with Gasteiger partial charge in [-0.05, 0) is 31.7 Å². The quantitative estimate of drug-likeness (QED) is 0.808. The molecule has 0 aromatic heterocycles. The van der Waals surface area contributed by atoms with Crippen LogP contribution in [-0.2, 0) is 16.1 Å². The number of piperidine rings is 1. The Balaban J connectivity index is 1.84. The largest absolute Gasteiger partial charge is 0.369 e. The Morgan fingerprint density at radius 1 is 1.35 bits per heavy atom. The third-order valence-electron chi connectivity index (χ3n) is 4.62. The molecule has 0 aliphatic carbocycles. The molecule has 1 fully saturated rings. The average Bonchev–Trinajstić information content (AvgIpc) is 2.53. The number of ether oxygens (including phenoxy) is 1. The van der Waals surface area contributed by atoms with Gasteiger partial charge in [-0.3, -0.25) is 9.69 Å². The predicted octanol–water partition coefficient (Wildman–Crippen LogP) is 2.78. The molecule has 1 heterocycles. The zero-order valence-electron chi connectivity index (χ0n) is 14.9. The number of nitrogens with zero attached hydrogens (tertiary/aromatic N) is 2. The monoisotopic (exact) mass is 318 g/mol. The van der Waals surface area contributed by atoms with E-state index in [2.05, 4.69) is 42.2 Å². The van der Waals surface area contributed by atoms with E-state index in [1.165, 1.54) is 5.56 Å². The van der Waals surface area contributed by atoms with Crippen LogP contribution in [0, 0.1) is 5.92 Å². The van der Waals surface area contributed by atoms with Crippen LogP contribution in [0.4, 0.5) is 0 Å². The van der Waals surface area contributed by atoms with Crippen LogP contribution in [0.5, 0.6) is 0 Å². The van der Waals surface area contributed by atoms with E-state index in [4.69, 9.17) is 4.74 Å². The lowest BCUT2D eigenvalue weighted by molar-refractivity contribution is -0.140. The smallest absolute Gasteiger partial charge is 0.248 e. The molecule has 0 N–H and O–H groups in total. The van der Waals surface area contributed by atoms with E-state index in [1.807, 2.05) is 25.8 Å². The first-order valence-electron chi connectivity index (χ1n) is 8.61. The Morgan fingerprint density at radius 3 is 2.65 bits per heavy atom. The van der Waals surface area contributed by atoms with Gasteiger partial charge in [0.1, 0.15) is 6.61 Å². The van der Waals surface area contributed by atoms with Gasteiger partial charge in [0, 0.05) is 32.7 Å². The minimum atomic E-state index is 0.0899. The summed E-state index contributed by atoms with van der Waals surface area (Å²) in [5, 5.41) is 0. The van der Waals surface area contributed by atoms with Crippen molar-refractivity contribution in [3.8, 4) is 0 Å². The summed E-state index contributed by atoms with van der Waals surface area (Å²) in [4.78, 5) is 16.6. The maximum atomic E-state index is 12.3. The Bertz CT molecular complexity index is 489. The second-order valence-corrected chi connectivity index (χ2v) is 6.92. The number of carbonyl (C=O) groups is 1. The van der Waals surface area contributed by atoms with Gasteiger partial charge in [0.25, 0.3) is 0 Å². The zero-order valence-corrected chi connectivity index (χ0v) is 14.9. The van der Waals surface area contributed by atoms with Gasteiger partial charge in [-0.2, -0.15) is 0 Å². The molecule has 1 aliphatic heterocycles. The first-order valence-corrected chi connectivity index (χ1v) is 8.61. The van der Waals surface area contributed by atoms with Crippen molar-refractivity contribution in [2.24, 2.45) is 5.92 Å². The van der Waals surface area contributed by atoms with Crippen molar-refractivity contribution in [1.82, 2.24) is 9.80 Å². The zero-order chi connectivity index (χ0) is 16.8. The summed E-state index contributed by atoms with van der Waals surface area (Å²) in [7, 11) is 1.92. The van der Waals surface area contributed by atoms with Crippen LogP contribution in [0.15, 0.2) is 30.3 Å². The Hall–Kier alpha value is -1.39. The SMILES string of the molecule is CC(C)OCC(=O)N(C)[C@@H]1CCN(Cc2ccccc2)C[C@H]1C. The highest BCUT2D eigenvalue weighted by Crippen LogP contribution is 2.23. The molecule has 1 amide bonds. The van der Waals surface area contributed by atoms with Gasteiger partial charge in [0.2, 0.25) is 5.91 Å². The fourth-order valence-electron chi connectivity index (χ4n) is 3.30. The summed E-state index contributed by atoms with van der Waals surface area (Å²) in [6, 6.07) is 10.9. The molecule has 1 saturated heterocycles. The van der Waals surface area contributed by atoms with Crippen LogP contribution in [0.2, 0.25) is 0 Å². The molecule has 0 radical (unpaired) electrons. The maximum Gasteiger partial charge on any atom is 0.248 e. The van der Waals surface area contributed by atoms with Crippen molar-refractivity contribution in [3.05, 3.63) is 35.9 Å². The van der Waals surface area contributed by atoms with Gasteiger partial charge in [0.15, 0.2) is 0 Å². The number of rotatable bonds is 6. The molecule has 4 nitrogen and oxygen atoms in total. The maximum absolute atomic E-state index is 12.3. The number of benzene rings is 1. The Kier molecular flexibility index (Phi) is 6.60. The molecule has 1 aromatic rings. The lowest BCUT2D eigenvalue weighted by Gasteiger charge is -2.41. The lowest BCUT2D eigenvalue weighted by Crippen LogP contribution is -2.51. The molecule has 0 unspecified atom stereocenters. The van der Waals surface area contributed by atoms with Crippen molar-refractivity contribution in [1.29, 1.82) is 0 Å². The van der Waals surface area contributed by atoms with Gasteiger partial charge in [-0.1, -0.05) is 37.3 Å². The molecule has 0 spiro atoms. The highest BCUT2D eigenvalue weighted by atomic mass is 16.5. The highest BCUT2D eigenvalue weighted by Gasteiger charge is 2.31. The lowest BCUT2D eigenvalue weighted by atomic mass is 9.92. The van der Waals surface area contributed by atoms with Gasteiger partial charge >= 0.3 is 0 Å². The van der Waals surface area contributed by atoms with Crippen LogP contribution >= 0.6 is 0 Å². The first-order chi connectivity index (χ1) is 11.0. The summed E-state index contributed by atoms with van der Waals surface area (Å²) in [5.74, 6) is 0.563. The summed E-state index contributed by atoms with van der Waals surface area (Å²) in [6.45, 7) is 9.40. The third kappa shape index (κ3) is 5.33. The standard InChI is InChI=1S/C19H30N2O2/c1-15(2)23-14-19(22)20(4)18-10-11-21(12-16(18)3)13-17-8-6-5-7-9-17/h5-9,15-16,18H,10-14H2,1-4H3/t16-,18-/m1/s1. The van der Waals surface area contributed by atoms with E-state index in [-0.39, 0.29) is 18.6 Å². The van der Waals surface area contributed by atoms with Gasteiger partial charge in [-0.15, -0.1) is 0 Å². The second-order valence-electron chi connectivity index (χ2n) is 6.92. The van der Waals surface area contributed by atoms with Crippen molar-refractivity contribution < 1.29 is 9.53 Å². The fraction of sp³-hybridized carbons (Fsp3) is 0.632. The molecule has 128 valence electrons. The van der Waals surface area contributed by atoms with Crippen LogP contribution in [0.3, 0.4) is 0 Å². The molecule has 2 atom stereocenters. The van der Waals surface area contributed by atoms with Crippen LogP contribution in [-0.4, -0.2) is 54.6 Å². The van der Waals surface area contributed by atoms with Crippen LogP contribution in [0.25, 0.3) is 0 Å². The van der Waals surface area contributed by atoms with Gasteiger partial charge in [0.05, 0.1) is 6.10 Å². The molecule has 0 saturated carbocycles. The molecule has 0 bridgehead atoms. The van der Waals surface area contributed by atoms with E-state index >= 15 is 0 Å². The Labute approximate surface area is 140 Å². The molecule has 1 aromatic carbocycles. The minimum absolute atomic E-state index is 0.0899. The van der Waals surface area contributed by atoms with Gasteiger partial charge < -0.3 is 9.64 Å².